The van der Waals surface area contributed by atoms with Crippen LogP contribution in [0.4, 0.5) is 0 Å². The number of nitrogens with zero attached hydrogens (tertiary/aromatic N) is 6. The Bertz CT molecular complexity index is 671. The highest BCUT2D eigenvalue weighted by Crippen LogP contribution is 2.26. The second kappa shape index (κ2) is 8.82. The molecule has 1 atom stereocenters. The predicted molar refractivity (Wildman–Crippen MR) is 102 cm³/mol. The van der Waals surface area contributed by atoms with E-state index in [2.05, 4.69) is 19.7 Å². The standard InChI is InChI=1S/C19H32N6O2/c1-22(2)14-16-20-21-19(23(16)3)15-7-4-12-25(13-15)18(27)9-6-11-24-10-5-8-17(24)26/h15H,4-14H2,1-3H3. The van der Waals surface area contributed by atoms with E-state index in [-0.39, 0.29) is 17.7 Å². The van der Waals surface area contributed by atoms with Gasteiger partial charge in [-0.3, -0.25) is 9.59 Å². The number of likely N-dealkylation sites (tertiary alicyclic amines) is 2. The Morgan fingerprint density at radius 3 is 2.74 bits per heavy atom. The van der Waals surface area contributed by atoms with Gasteiger partial charge in [0, 0.05) is 52.0 Å². The molecular formula is C19H32N6O2. The number of amides is 2. The third-order valence-corrected chi connectivity index (χ3v) is 5.59. The van der Waals surface area contributed by atoms with Crippen LogP contribution in [0.2, 0.25) is 0 Å². The highest BCUT2D eigenvalue weighted by molar-refractivity contribution is 5.78. The molecule has 8 heteroatoms. The second-order valence-electron chi connectivity index (χ2n) is 8.04. The highest BCUT2D eigenvalue weighted by Gasteiger charge is 2.28. The van der Waals surface area contributed by atoms with Gasteiger partial charge in [0.1, 0.15) is 11.6 Å². The molecular weight excluding hydrogens is 344 g/mol. The lowest BCUT2D eigenvalue weighted by Gasteiger charge is -2.32. The molecule has 2 aliphatic heterocycles. The van der Waals surface area contributed by atoms with Crippen molar-refractivity contribution in [2.24, 2.45) is 7.05 Å². The molecule has 0 aliphatic carbocycles. The zero-order chi connectivity index (χ0) is 19.4. The van der Waals surface area contributed by atoms with Crippen LogP contribution in [0.5, 0.6) is 0 Å². The number of hydrogen-bond donors (Lipinski definition) is 0. The van der Waals surface area contributed by atoms with Crippen LogP contribution in [0.3, 0.4) is 0 Å². The number of piperidine rings is 1. The molecule has 2 saturated heterocycles. The van der Waals surface area contributed by atoms with Crippen LogP contribution in [0.25, 0.3) is 0 Å². The van der Waals surface area contributed by atoms with Crippen molar-refractivity contribution in [1.29, 1.82) is 0 Å². The summed E-state index contributed by atoms with van der Waals surface area (Å²) in [7, 11) is 6.05. The number of rotatable bonds is 7. The van der Waals surface area contributed by atoms with Crippen LogP contribution < -0.4 is 0 Å². The Morgan fingerprint density at radius 2 is 2.04 bits per heavy atom. The number of carbonyl (C=O) groups excluding carboxylic acids is 2. The maximum Gasteiger partial charge on any atom is 0.222 e. The van der Waals surface area contributed by atoms with E-state index >= 15 is 0 Å². The quantitative estimate of drug-likeness (QED) is 0.709. The fourth-order valence-corrected chi connectivity index (χ4v) is 4.09. The van der Waals surface area contributed by atoms with E-state index in [0.29, 0.717) is 19.4 Å². The van der Waals surface area contributed by atoms with Gasteiger partial charge in [-0.2, -0.15) is 0 Å². The van der Waals surface area contributed by atoms with Gasteiger partial charge in [-0.25, -0.2) is 0 Å². The molecule has 8 nitrogen and oxygen atoms in total. The maximum atomic E-state index is 12.6. The fourth-order valence-electron chi connectivity index (χ4n) is 4.09. The summed E-state index contributed by atoms with van der Waals surface area (Å²) in [6, 6.07) is 0. The van der Waals surface area contributed by atoms with E-state index in [0.717, 1.165) is 63.5 Å². The summed E-state index contributed by atoms with van der Waals surface area (Å²) in [4.78, 5) is 30.2. The minimum Gasteiger partial charge on any atom is -0.343 e. The van der Waals surface area contributed by atoms with E-state index < -0.39 is 0 Å². The molecule has 3 rings (SSSR count). The largest absolute Gasteiger partial charge is 0.343 e. The fraction of sp³-hybridized carbons (Fsp3) is 0.789. The van der Waals surface area contributed by atoms with E-state index in [1.54, 1.807) is 0 Å². The highest BCUT2D eigenvalue weighted by atomic mass is 16.2. The molecule has 0 N–H and O–H groups in total. The summed E-state index contributed by atoms with van der Waals surface area (Å²) in [5.74, 6) is 2.61. The monoisotopic (exact) mass is 376 g/mol. The summed E-state index contributed by atoms with van der Waals surface area (Å²) in [5.41, 5.74) is 0. The van der Waals surface area contributed by atoms with Crippen LogP contribution in [0.1, 0.15) is 56.1 Å². The van der Waals surface area contributed by atoms with Gasteiger partial charge in [0.05, 0.1) is 6.54 Å². The average molecular weight is 377 g/mol. The molecule has 3 heterocycles. The van der Waals surface area contributed by atoms with E-state index in [1.807, 2.05) is 30.9 Å². The molecule has 1 unspecified atom stereocenters. The lowest BCUT2D eigenvalue weighted by Crippen LogP contribution is -2.40. The van der Waals surface area contributed by atoms with Gasteiger partial charge >= 0.3 is 0 Å². The van der Waals surface area contributed by atoms with Gasteiger partial charge in [-0.05, 0) is 39.8 Å². The zero-order valence-electron chi connectivity index (χ0n) is 16.9. The molecule has 1 aromatic heterocycles. The minimum absolute atomic E-state index is 0.196. The van der Waals surface area contributed by atoms with Gasteiger partial charge in [0.25, 0.3) is 0 Å². The van der Waals surface area contributed by atoms with Gasteiger partial charge in [-0.1, -0.05) is 0 Å². The maximum absolute atomic E-state index is 12.6. The molecule has 150 valence electrons. The predicted octanol–water partition coefficient (Wildman–Crippen LogP) is 0.985. The van der Waals surface area contributed by atoms with Crippen molar-refractivity contribution in [2.45, 2.75) is 51.0 Å². The van der Waals surface area contributed by atoms with Crippen molar-refractivity contribution in [2.75, 3.05) is 40.3 Å². The van der Waals surface area contributed by atoms with Crippen molar-refractivity contribution in [3.63, 3.8) is 0 Å². The Morgan fingerprint density at radius 1 is 1.22 bits per heavy atom. The molecule has 1 aromatic rings. The number of carbonyl (C=O) groups is 2. The first-order valence-corrected chi connectivity index (χ1v) is 10.0. The third-order valence-electron chi connectivity index (χ3n) is 5.59. The summed E-state index contributed by atoms with van der Waals surface area (Å²) in [5, 5.41) is 8.75. The smallest absolute Gasteiger partial charge is 0.222 e. The van der Waals surface area contributed by atoms with Crippen LogP contribution in [-0.4, -0.2) is 81.6 Å². The first-order chi connectivity index (χ1) is 13.0. The Labute approximate surface area is 161 Å². The molecule has 0 saturated carbocycles. The topological polar surface area (TPSA) is 74.6 Å². The second-order valence-corrected chi connectivity index (χ2v) is 8.04. The lowest BCUT2D eigenvalue weighted by molar-refractivity contribution is -0.133. The van der Waals surface area contributed by atoms with Crippen LogP contribution in [-0.2, 0) is 23.2 Å². The van der Waals surface area contributed by atoms with E-state index in [9.17, 15) is 9.59 Å². The van der Waals surface area contributed by atoms with Gasteiger partial charge in [-0.15, -0.1) is 10.2 Å². The first kappa shape index (κ1) is 19.8. The third kappa shape index (κ3) is 4.86. The molecule has 0 spiro atoms. The van der Waals surface area contributed by atoms with Gasteiger partial charge in [0.15, 0.2) is 0 Å². The average Bonchev–Trinajstić information content (AvgIpc) is 3.21. The van der Waals surface area contributed by atoms with Crippen LogP contribution in [0.15, 0.2) is 0 Å². The summed E-state index contributed by atoms with van der Waals surface area (Å²) in [6.07, 6.45) is 4.92. The van der Waals surface area contributed by atoms with Crippen LogP contribution in [0, 0.1) is 0 Å². The molecule has 0 aromatic carbocycles. The van der Waals surface area contributed by atoms with Crippen molar-refractivity contribution in [3.8, 4) is 0 Å². The summed E-state index contributed by atoms with van der Waals surface area (Å²) < 4.78 is 2.08. The van der Waals surface area contributed by atoms with E-state index in [1.165, 1.54) is 0 Å². The SMILES string of the molecule is CN(C)Cc1nnc(C2CCCN(C(=O)CCCN3CCCC3=O)C2)n1C. The Kier molecular flexibility index (Phi) is 6.46. The van der Waals surface area contributed by atoms with Crippen molar-refractivity contribution in [3.05, 3.63) is 11.6 Å². The summed E-state index contributed by atoms with van der Waals surface area (Å²) in [6.45, 7) is 3.85. The van der Waals surface area contributed by atoms with Crippen molar-refractivity contribution < 1.29 is 9.59 Å². The molecule has 2 fully saturated rings. The van der Waals surface area contributed by atoms with Crippen molar-refractivity contribution in [1.82, 2.24) is 29.5 Å². The normalized spacial score (nSPS) is 20.7. The molecule has 0 radical (unpaired) electrons. The first-order valence-electron chi connectivity index (χ1n) is 10.0. The molecule has 2 aliphatic rings. The van der Waals surface area contributed by atoms with Crippen LogP contribution >= 0.6 is 0 Å². The molecule has 2 amide bonds. The van der Waals surface area contributed by atoms with Gasteiger partial charge < -0.3 is 19.3 Å². The van der Waals surface area contributed by atoms with E-state index in [4.69, 9.17) is 0 Å². The number of aromatic nitrogens is 3. The van der Waals surface area contributed by atoms with Crippen molar-refractivity contribution >= 4 is 11.8 Å². The molecule has 27 heavy (non-hydrogen) atoms. The molecule has 0 bridgehead atoms. The summed E-state index contributed by atoms with van der Waals surface area (Å²) >= 11 is 0. The van der Waals surface area contributed by atoms with Gasteiger partial charge in [0.2, 0.25) is 11.8 Å². The Balaban J connectivity index is 1.52. The lowest BCUT2D eigenvalue weighted by atomic mass is 9.96. The number of hydrogen-bond acceptors (Lipinski definition) is 5. The minimum atomic E-state index is 0.196. The zero-order valence-corrected chi connectivity index (χ0v) is 16.9. The Hall–Kier alpha value is -1.96.